The Morgan fingerprint density at radius 1 is 0.621 bits per heavy atom. The first-order valence-corrected chi connectivity index (χ1v) is 9.38. The van der Waals surface area contributed by atoms with E-state index in [4.69, 9.17) is 0 Å². The van der Waals surface area contributed by atoms with E-state index < -0.39 is 0 Å². The zero-order valence-corrected chi connectivity index (χ0v) is 18.5. The Bertz CT molecular complexity index is 1520. The fourth-order valence-electron chi connectivity index (χ4n) is 4.05. The van der Waals surface area contributed by atoms with Crippen LogP contribution < -0.4 is 0 Å². The van der Waals surface area contributed by atoms with Crippen LogP contribution in [0.4, 0.5) is 0 Å². The van der Waals surface area contributed by atoms with Crippen molar-refractivity contribution in [1.29, 1.82) is 0 Å². The third-order valence-corrected chi connectivity index (χ3v) is 5.47. The average Bonchev–Trinajstić information content (AvgIpc) is 2.75. The summed E-state index contributed by atoms with van der Waals surface area (Å²) in [5.74, 6) is 0. The molecule has 0 unspecified atom stereocenters. The standard InChI is InChI=1S/C27H15N.Y/c1-2-5-20-13-24-16-27-21(14-23(24)12-19(20)4-1)6-3-7-26(27)22-9-8-18-10-11-28-17-25(18)15-22;/h1-6,8,10-17H;/q-2;. The van der Waals surface area contributed by atoms with Crippen molar-refractivity contribution >= 4 is 43.1 Å². The van der Waals surface area contributed by atoms with Crippen LogP contribution in [0.5, 0.6) is 0 Å². The molecule has 133 valence electrons. The van der Waals surface area contributed by atoms with Crippen molar-refractivity contribution in [1.82, 2.24) is 4.98 Å². The minimum atomic E-state index is 0. The van der Waals surface area contributed by atoms with E-state index in [9.17, 15) is 0 Å². The number of hydrogen-bond donors (Lipinski definition) is 0. The number of nitrogens with zero attached hydrogens (tertiary/aromatic N) is 1. The molecule has 5 aromatic carbocycles. The van der Waals surface area contributed by atoms with E-state index in [-0.39, 0.29) is 32.7 Å². The molecule has 2 heteroatoms. The Kier molecular flexibility index (Phi) is 4.66. The van der Waals surface area contributed by atoms with Gasteiger partial charge in [-0.2, -0.15) is 24.3 Å². The third-order valence-electron chi connectivity index (χ3n) is 5.47. The molecule has 1 radical (unpaired) electrons. The smallest absolute Gasteiger partial charge is 0.0181 e. The van der Waals surface area contributed by atoms with Crippen molar-refractivity contribution < 1.29 is 32.7 Å². The van der Waals surface area contributed by atoms with E-state index in [1.165, 1.54) is 32.3 Å². The predicted molar refractivity (Wildman–Crippen MR) is 117 cm³/mol. The first-order chi connectivity index (χ1) is 13.8. The van der Waals surface area contributed by atoms with Crippen LogP contribution in [-0.2, 0) is 32.7 Å². The Hall–Kier alpha value is -2.61. The Labute approximate surface area is 194 Å². The molecule has 0 spiro atoms. The number of hydrogen-bond acceptors (Lipinski definition) is 1. The van der Waals surface area contributed by atoms with Crippen LogP contribution in [0.15, 0.2) is 91.3 Å². The quantitative estimate of drug-likeness (QED) is 0.198. The SMILES string of the molecule is [Y].[c-]1cc2ccncc2cc1-c1[c-]ccc2cc3cc4ccccc4cc3cc12. The van der Waals surface area contributed by atoms with Gasteiger partial charge in [0.1, 0.15) is 0 Å². The number of pyridine rings is 1. The molecule has 0 bridgehead atoms. The average molecular weight is 442 g/mol. The van der Waals surface area contributed by atoms with Gasteiger partial charge in [-0.1, -0.05) is 53.2 Å². The summed E-state index contributed by atoms with van der Waals surface area (Å²) < 4.78 is 0. The van der Waals surface area contributed by atoms with Gasteiger partial charge in [-0.25, -0.2) is 11.1 Å². The van der Waals surface area contributed by atoms with Crippen LogP contribution in [0.3, 0.4) is 0 Å². The summed E-state index contributed by atoms with van der Waals surface area (Å²) in [7, 11) is 0. The van der Waals surface area contributed by atoms with E-state index in [2.05, 4.69) is 77.8 Å². The van der Waals surface area contributed by atoms with Gasteiger partial charge in [0.15, 0.2) is 0 Å². The van der Waals surface area contributed by atoms with Crippen molar-refractivity contribution in [2.45, 2.75) is 0 Å². The molecule has 0 aliphatic rings. The largest absolute Gasteiger partial charge is 0.267 e. The van der Waals surface area contributed by atoms with Gasteiger partial charge in [0.2, 0.25) is 0 Å². The van der Waals surface area contributed by atoms with Crippen LogP contribution in [-0.4, -0.2) is 4.98 Å². The van der Waals surface area contributed by atoms with Gasteiger partial charge in [0.25, 0.3) is 0 Å². The second-order valence-corrected chi connectivity index (χ2v) is 7.19. The summed E-state index contributed by atoms with van der Waals surface area (Å²) in [5, 5.41) is 9.72. The summed E-state index contributed by atoms with van der Waals surface area (Å²) in [4.78, 5) is 4.26. The Morgan fingerprint density at radius 3 is 2.21 bits per heavy atom. The zero-order valence-electron chi connectivity index (χ0n) is 15.7. The van der Waals surface area contributed by atoms with Crippen molar-refractivity contribution in [2.75, 3.05) is 0 Å². The molecule has 0 amide bonds. The predicted octanol–water partition coefficient (Wildman–Crippen LogP) is 6.96. The maximum Gasteiger partial charge on any atom is 0.0181 e. The fourth-order valence-corrected chi connectivity index (χ4v) is 4.05. The van der Waals surface area contributed by atoms with Crippen molar-refractivity contribution in [3.63, 3.8) is 0 Å². The van der Waals surface area contributed by atoms with Crippen LogP contribution >= 0.6 is 0 Å². The molecule has 6 rings (SSSR count). The first-order valence-electron chi connectivity index (χ1n) is 9.38. The Morgan fingerprint density at radius 2 is 1.38 bits per heavy atom. The van der Waals surface area contributed by atoms with E-state index in [0.717, 1.165) is 21.9 Å². The van der Waals surface area contributed by atoms with E-state index >= 15 is 0 Å². The van der Waals surface area contributed by atoms with Gasteiger partial charge in [-0.15, -0.1) is 22.9 Å². The van der Waals surface area contributed by atoms with E-state index in [1.54, 1.807) is 0 Å². The molecule has 29 heavy (non-hydrogen) atoms. The molecule has 1 aromatic heterocycles. The van der Waals surface area contributed by atoms with E-state index in [0.29, 0.717) is 0 Å². The minimum Gasteiger partial charge on any atom is -0.267 e. The molecule has 0 atom stereocenters. The molecule has 0 aliphatic heterocycles. The third kappa shape index (κ3) is 3.15. The summed E-state index contributed by atoms with van der Waals surface area (Å²) >= 11 is 0. The summed E-state index contributed by atoms with van der Waals surface area (Å²) in [6.07, 6.45) is 3.72. The zero-order chi connectivity index (χ0) is 18.5. The summed E-state index contributed by atoms with van der Waals surface area (Å²) in [6.45, 7) is 0. The second-order valence-electron chi connectivity index (χ2n) is 7.19. The normalized spacial score (nSPS) is 11.2. The number of fused-ring (bicyclic) bond motifs is 4. The molecule has 0 N–H and O–H groups in total. The molecule has 0 aliphatic carbocycles. The fraction of sp³-hybridized carbons (Fsp3) is 0. The molecule has 1 heterocycles. The van der Waals surface area contributed by atoms with Gasteiger partial charge in [0, 0.05) is 45.1 Å². The number of rotatable bonds is 1. The molecular weight excluding hydrogens is 427 g/mol. The molecule has 6 aromatic rings. The van der Waals surface area contributed by atoms with Gasteiger partial charge in [-0.05, 0) is 33.7 Å². The minimum absolute atomic E-state index is 0. The summed E-state index contributed by atoms with van der Waals surface area (Å²) in [5.41, 5.74) is 2.13. The van der Waals surface area contributed by atoms with Crippen LogP contribution in [0.25, 0.3) is 54.2 Å². The number of aromatic nitrogens is 1. The monoisotopic (exact) mass is 442 g/mol. The number of benzene rings is 5. The molecule has 0 saturated carbocycles. The van der Waals surface area contributed by atoms with Gasteiger partial charge in [0.05, 0.1) is 0 Å². The topological polar surface area (TPSA) is 12.9 Å². The van der Waals surface area contributed by atoms with Crippen molar-refractivity contribution in [2.24, 2.45) is 0 Å². The second kappa shape index (κ2) is 7.33. The van der Waals surface area contributed by atoms with Gasteiger partial charge >= 0.3 is 0 Å². The first kappa shape index (κ1) is 18.4. The summed E-state index contributed by atoms with van der Waals surface area (Å²) in [6, 6.07) is 34.8. The molecule has 0 saturated heterocycles. The van der Waals surface area contributed by atoms with Gasteiger partial charge < -0.3 is 0 Å². The Balaban J connectivity index is 0.00000181. The van der Waals surface area contributed by atoms with Crippen molar-refractivity contribution in [3.8, 4) is 11.1 Å². The molecule has 0 fully saturated rings. The van der Waals surface area contributed by atoms with Gasteiger partial charge in [-0.3, -0.25) is 4.98 Å². The van der Waals surface area contributed by atoms with Crippen molar-refractivity contribution in [3.05, 3.63) is 103 Å². The van der Waals surface area contributed by atoms with E-state index in [1.807, 2.05) is 30.6 Å². The maximum absolute atomic E-state index is 4.26. The molecular formula is C27H15NY-2. The molecule has 1 nitrogen and oxygen atoms in total. The maximum atomic E-state index is 4.26. The van der Waals surface area contributed by atoms with Crippen LogP contribution in [0.1, 0.15) is 0 Å². The van der Waals surface area contributed by atoms with Crippen LogP contribution in [0, 0.1) is 12.1 Å². The van der Waals surface area contributed by atoms with Crippen LogP contribution in [0.2, 0.25) is 0 Å².